The predicted molar refractivity (Wildman–Crippen MR) is 80.1 cm³/mol. The molecule has 4 N–H and O–H groups in total. The fraction of sp³-hybridized carbons (Fsp3) is 0.0714. The minimum atomic E-state index is -0.964. The summed E-state index contributed by atoms with van der Waals surface area (Å²) in [6, 6.07) is 7.33. The van der Waals surface area contributed by atoms with E-state index in [9.17, 15) is 25.0 Å². The summed E-state index contributed by atoms with van der Waals surface area (Å²) in [5.74, 6) is -1.53. The SMILES string of the molecule is N#CC1=C(N)Oc2c([nH]c(=O)[nH]c2=O)[C@@H]1c1cccc([N+](=O)[O-])c1. The molecule has 0 fully saturated rings. The van der Waals surface area contributed by atoms with E-state index < -0.39 is 22.1 Å². The Balaban J connectivity index is 2.32. The summed E-state index contributed by atoms with van der Waals surface area (Å²) in [5.41, 5.74) is 4.13. The molecule has 120 valence electrons. The lowest BCUT2D eigenvalue weighted by molar-refractivity contribution is -0.384. The first-order valence-electron chi connectivity index (χ1n) is 6.60. The number of nitrogens with two attached hydrogens (primary N) is 1. The van der Waals surface area contributed by atoms with Crippen molar-refractivity contribution in [2.45, 2.75) is 5.92 Å². The molecule has 0 spiro atoms. The minimum absolute atomic E-state index is 0.00926. The van der Waals surface area contributed by atoms with Crippen molar-refractivity contribution in [1.29, 1.82) is 5.26 Å². The Bertz CT molecular complexity index is 1040. The van der Waals surface area contributed by atoms with Crippen molar-refractivity contribution in [3.05, 3.63) is 77.9 Å². The first-order valence-corrected chi connectivity index (χ1v) is 6.60. The minimum Gasteiger partial charge on any atom is -0.433 e. The van der Waals surface area contributed by atoms with Gasteiger partial charge in [-0.15, -0.1) is 0 Å². The fourth-order valence-corrected chi connectivity index (χ4v) is 2.52. The monoisotopic (exact) mass is 327 g/mol. The average Bonchev–Trinajstić information content (AvgIpc) is 2.54. The molecule has 0 amide bonds. The lowest BCUT2D eigenvalue weighted by Gasteiger charge is -2.24. The standard InChI is InChI=1S/C14H9N5O5/c15-5-8-9(6-2-1-3-7(4-6)19(22)23)10-11(24-12(8)16)13(20)18-14(21)17-10/h1-4,9H,16H2,(H2,17,18,20,21)/t9-/m1/s1. The number of hydrogen-bond donors (Lipinski definition) is 3. The van der Waals surface area contributed by atoms with Crippen LogP contribution in [0.25, 0.3) is 0 Å². The first kappa shape index (κ1) is 15.0. The van der Waals surface area contributed by atoms with Gasteiger partial charge in [0.2, 0.25) is 11.6 Å². The molecule has 0 saturated heterocycles. The molecular weight excluding hydrogens is 318 g/mol. The molecule has 2 heterocycles. The zero-order valence-electron chi connectivity index (χ0n) is 11.9. The van der Waals surface area contributed by atoms with Crippen molar-refractivity contribution in [1.82, 2.24) is 9.97 Å². The maximum Gasteiger partial charge on any atom is 0.326 e. The zero-order chi connectivity index (χ0) is 17.4. The van der Waals surface area contributed by atoms with Gasteiger partial charge < -0.3 is 15.5 Å². The third-order valence-corrected chi connectivity index (χ3v) is 3.52. The molecule has 1 atom stereocenters. The second-order valence-electron chi connectivity index (χ2n) is 4.93. The van der Waals surface area contributed by atoms with Crippen molar-refractivity contribution in [3.63, 3.8) is 0 Å². The third-order valence-electron chi connectivity index (χ3n) is 3.52. The normalized spacial score (nSPS) is 16.0. The van der Waals surface area contributed by atoms with Crippen molar-refractivity contribution in [2.24, 2.45) is 5.73 Å². The van der Waals surface area contributed by atoms with E-state index >= 15 is 0 Å². The molecule has 1 aromatic heterocycles. The Morgan fingerprint density at radius 2 is 2.08 bits per heavy atom. The lowest BCUT2D eigenvalue weighted by atomic mass is 9.87. The molecule has 3 rings (SSSR count). The summed E-state index contributed by atoms with van der Waals surface area (Å²) in [5, 5.41) is 20.3. The molecule has 10 nitrogen and oxygen atoms in total. The number of nitro benzene ring substituents is 1. The number of nitrogens with one attached hydrogen (secondary N) is 2. The van der Waals surface area contributed by atoms with Gasteiger partial charge >= 0.3 is 5.69 Å². The van der Waals surface area contributed by atoms with Crippen molar-refractivity contribution >= 4 is 5.69 Å². The summed E-state index contributed by atoms with van der Waals surface area (Å²) >= 11 is 0. The van der Waals surface area contributed by atoms with Gasteiger partial charge in [0.25, 0.3) is 11.2 Å². The topological polar surface area (TPSA) is 168 Å². The zero-order valence-corrected chi connectivity index (χ0v) is 11.9. The van der Waals surface area contributed by atoms with Crippen LogP contribution >= 0.6 is 0 Å². The summed E-state index contributed by atoms with van der Waals surface area (Å²) in [7, 11) is 0. The number of H-pyrrole nitrogens is 2. The molecule has 24 heavy (non-hydrogen) atoms. The number of hydrogen-bond acceptors (Lipinski definition) is 7. The highest BCUT2D eigenvalue weighted by Crippen LogP contribution is 2.39. The van der Waals surface area contributed by atoms with Crippen LogP contribution in [0.2, 0.25) is 0 Å². The van der Waals surface area contributed by atoms with Crippen LogP contribution in [-0.2, 0) is 0 Å². The number of benzene rings is 1. The number of non-ortho nitro benzene ring substituents is 1. The second kappa shape index (κ2) is 5.40. The molecule has 0 unspecified atom stereocenters. The van der Waals surface area contributed by atoms with Gasteiger partial charge in [-0.1, -0.05) is 12.1 Å². The van der Waals surface area contributed by atoms with E-state index in [1.54, 1.807) is 0 Å². The van der Waals surface area contributed by atoms with Gasteiger partial charge in [-0.05, 0) is 5.56 Å². The highest BCUT2D eigenvalue weighted by atomic mass is 16.6. The van der Waals surface area contributed by atoms with Gasteiger partial charge in [0.05, 0.1) is 16.5 Å². The highest BCUT2D eigenvalue weighted by Gasteiger charge is 2.34. The molecule has 1 aromatic carbocycles. The van der Waals surface area contributed by atoms with Crippen LogP contribution in [0.5, 0.6) is 5.75 Å². The van der Waals surface area contributed by atoms with E-state index in [0.717, 1.165) is 0 Å². The largest absolute Gasteiger partial charge is 0.433 e. The van der Waals surface area contributed by atoms with E-state index in [2.05, 4.69) is 4.98 Å². The number of fused-ring (bicyclic) bond motifs is 1. The van der Waals surface area contributed by atoms with Crippen LogP contribution in [0.1, 0.15) is 17.2 Å². The molecule has 0 saturated carbocycles. The summed E-state index contributed by atoms with van der Waals surface area (Å²) in [6.07, 6.45) is 0. The van der Waals surface area contributed by atoms with Crippen molar-refractivity contribution in [2.75, 3.05) is 0 Å². The van der Waals surface area contributed by atoms with Gasteiger partial charge in [-0.2, -0.15) is 5.26 Å². The molecule has 10 heteroatoms. The molecule has 2 aromatic rings. The number of ether oxygens (including phenoxy) is 1. The summed E-state index contributed by atoms with van der Waals surface area (Å²) in [6.45, 7) is 0. The Kier molecular flexibility index (Phi) is 3.38. The smallest absolute Gasteiger partial charge is 0.326 e. The van der Waals surface area contributed by atoms with Crippen LogP contribution < -0.4 is 21.7 Å². The summed E-state index contributed by atoms with van der Waals surface area (Å²) < 4.78 is 5.14. The van der Waals surface area contributed by atoms with Gasteiger partial charge in [-0.3, -0.25) is 19.9 Å². The van der Waals surface area contributed by atoms with Crippen molar-refractivity contribution in [3.8, 4) is 11.8 Å². The Hall–Kier alpha value is -3.87. The Morgan fingerprint density at radius 1 is 1.33 bits per heavy atom. The molecular formula is C14H9N5O5. The van der Waals surface area contributed by atoms with E-state index in [-0.39, 0.29) is 28.6 Å². The number of rotatable bonds is 2. The molecule has 0 aliphatic carbocycles. The number of allylic oxidation sites excluding steroid dienone is 1. The molecule has 1 aliphatic heterocycles. The van der Waals surface area contributed by atoms with Gasteiger partial charge in [0.15, 0.2) is 0 Å². The van der Waals surface area contributed by atoms with Gasteiger partial charge in [-0.25, -0.2) is 4.79 Å². The van der Waals surface area contributed by atoms with E-state index in [0.29, 0.717) is 5.56 Å². The second-order valence-corrected chi connectivity index (χ2v) is 4.93. The van der Waals surface area contributed by atoms with E-state index in [4.69, 9.17) is 10.5 Å². The highest BCUT2D eigenvalue weighted by molar-refractivity contribution is 5.53. The van der Waals surface area contributed by atoms with E-state index in [1.807, 2.05) is 11.1 Å². The number of nitro groups is 1. The molecule has 0 radical (unpaired) electrons. The van der Waals surface area contributed by atoms with Gasteiger partial charge in [0.1, 0.15) is 11.6 Å². The Labute approximate surface area is 133 Å². The van der Waals surface area contributed by atoms with E-state index in [1.165, 1.54) is 24.3 Å². The maximum atomic E-state index is 11.9. The average molecular weight is 327 g/mol. The predicted octanol–water partition coefficient (Wildman–Crippen LogP) is 0.190. The number of aromatic amines is 2. The van der Waals surface area contributed by atoms with Crippen LogP contribution in [0, 0.1) is 21.4 Å². The third kappa shape index (κ3) is 2.30. The van der Waals surface area contributed by atoms with Crippen LogP contribution in [0.4, 0.5) is 5.69 Å². The maximum absolute atomic E-state index is 11.9. The fourth-order valence-electron chi connectivity index (χ4n) is 2.52. The number of aromatic nitrogens is 2. The molecule has 0 bridgehead atoms. The number of nitrogens with zero attached hydrogens (tertiary/aromatic N) is 2. The van der Waals surface area contributed by atoms with Crippen molar-refractivity contribution < 1.29 is 9.66 Å². The quantitative estimate of drug-likeness (QED) is 0.522. The van der Waals surface area contributed by atoms with Crippen LogP contribution in [0.15, 0.2) is 45.3 Å². The lowest BCUT2D eigenvalue weighted by Crippen LogP contribution is -2.32. The Morgan fingerprint density at radius 3 is 2.75 bits per heavy atom. The first-order chi connectivity index (χ1) is 11.4. The van der Waals surface area contributed by atoms with Gasteiger partial charge in [0, 0.05) is 12.1 Å². The van der Waals surface area contributed by atoms with Crippen LogP contribution in [0.3, 0.4) is 0 Å². The molecule has 1 aliphatic rings. The summed E-state index contributed by atoms with van der Waals surface area (Å²) in [4.78, 5) is 38.3. The van der Waals surface area contributed by atoms with Crippen LogP contribution in [-0.4, -0.2) is 14.9 Å². The number of nitriles is 1.